The van der Waals surface area contributed by atoms with Gasteiger partial charge < -0.3 is 15.0 Å². The van der Waals surface area contributed by atoms with Crippen molar-refractivity contribution in [3.8, 4) is 5.75 Å². The molecular formula is C31H38BrN3O5S. The summed E-state index contributed by atoms with van der Waals surface area (Å²) in [5.74, 6) is -0.215. The van der Waals surface area contributed by atoms with Crippen molar-refractivity contribution in [2.24, 2.45) is 0 Å². The molecule has 0 aliphatic rings. The Labute approximate surface area is 251 Å². The lowest BCUT2D eigenvalue weighted by atomic mass is 10.1. The van der Waals surface area contributed by atoms with Gasteiger partial charge in [0.1, 0.15) is 18.3 Å². The third-order valence-electron chi connectivity index (χ3n) is 6.56. The summed E-state index contributed by atoms with van der Waals surface area (Å²) in [5, 5.41) is 2.89. The van der Waals surface area contributed by atoms with E-state index in [0.29, 0.717) is 24.6 Å². The fourth-order valence-corrected chi connectivity index (χ4v) is 6.05. The van der Waals surface area contributed by atoms with Crippen LogP contribution in [-0.4, -0.2) is 50.9 Å². The van der Waals surface area contributed by atoms with Crippen molar-refractivity contribution in [2.75, 3.05) is 24.0 Å². The lowest BCUT2D eigenvalue weighted by Gasteiger charge is -2.32. The van der Waals surface area contributed by atoms with Crippen LogP contribution in [0.25, 0.3) is 0 Å². The Morgan fingerprint density at radius 3 is 2.29 bits per heavy atom. The first-order chi connectivity index (χ1) is 19.6. The van der Waals surface area contributed by atoms with Crippen LogP contribution in [0.2, 0.25) is 0 Å². The predicted molar refractivity (Wildman–Crippen MR) is 165 cm³/mol. The Morgan fingerprint density at radius 2 is 1.68 bits per heavy atom. The van der Waals surface area contributed by atoms with Gasteiger partial charge in [0, 0.05) is 17.6 Å². The molecular weight excluding hydrogens is 606 g/mol. The van der Waals surface area contributed by atoms with Gasteiger partial charge >= 0.3 is 0 Å². The Bertz CT molecular complexity index is 1410. The number of carbonyl (C=O) groups excluding carboxylic acids is 2. The highest BCUT2D eigenvalue weighted by atomic mass is 79.9. The van der Waals surface area contributed by atoms with Crippen molar-refractivity contribution in [3.05, 3.63) is 88.4 Å². The number of anilines is 1. The zero-order valence-electron chi connectivity index (χ0n) is 24.0. The standard InChI is InChI=1S/C31H38BrN3O5S/c1-5-7-19-33-31(37)24(4)34(21-25-9-8-10-26(32)20-25)30(36)22-35(27-13-15-28(16-14-27)40-6-2)41(38,39)29-17-11-23(3)12-18-29/h8-18,20,24H,5-7,19,21-22H2,1-4H3,(H,33,37)/t24-/m1/s1. The number of amides is 2. The van der Waals surface area contributed by atoms with E-state index in [0.717, 1.165) is 32.7 Å². The monoisotopic (exact) mass is 643 g/mol. The molecule has 0 heterocycles. The molecule has 3 aromatic carbocycles. The summed E-state index contributed by atoms with van der Waals surface area (Å²) in [7, 11) is -4.13. The Hall–Kier alpha value is -3.37. The van der Waals surface area contributed by atoms with E-state index in [4.69, 9.17) is 4.74 Å². The van der Waals surface area contributed by atoms with Crippen LogP contribution in [0.1, 0.15) is 44.7 Å². The van der Waals surface area contributed by atoms with Gasteiger partial charge in [-0.25, -0.2) is 8.42 Å². The van der Waals surface area contributed by atoms with Crippen LogP contribution < -0.4 is 14.4 Å². The molecule has 0 saturated carbocycles. The van der Waals surface area contributed by atoms with E-state index < -0.39 is 28.5 Å². The van der Waals surface area contributed by atoms with Crippen LogP contribution in [0, 0.1) is 6.92 Å². The fraction of sp³-hybridized carbons (Fsp3) is 0.355. The molecule has 3 rings (SSSR count). The summed E-state index contributed by atoms with van der Waals surface area (Å²) in [6.07, 6.45) is 1.74. The second kappa shape index (κ2) is 15.0. The largest absolute Gasteiger partial charge is 0.494 e. The molecule has 0 aromatic heterocycles. The lowest BCUT2D eigenvalue weighted by Crippen LogP contribution is -2.51. The molecule has 10 heteroatoms. The Kier molecular flexibility index (Phi) is 11.8. The molecule has 0 aliphatic carbocycles. The van der Waals surface area contributed by atoms with E-state index in [-0.39, 0.29) is 17.3 Å². The van der Waals surface area contributed by atoms with Crippen molar-refractivity contribution in [2.45, 2.75) is 58.0 Å². The summed E-state index contributed by atoms with van der Waals surface area (Å²) in [4.78, 5) is 28.6. The van der Waals surface area contributed by atoms with Crippen molar-refractivity contribution < 1.29 is 22.7 Å². The number of benzene rings is 3. The van der Waals surface area contributed by atoms with Gasteiger partial charge in [0.15, 0.2) is 0 Å². The summed E-state index contributed by atoms with van der Waals surface area (Å²) < 4.78 is 35.3. The van der Waals surface area contributed by atoms with Crippen LogP contribution >= 0.6 is 15.9 Å². The first-order valence-corrected chi connectivity index (χ1v) is 15.9. The summed E-state index contributed by atoms with van der Waals surface area (Å²) in [6.45, 7) is 8.02. The van der Waals surface area contributed by atoms with Gasteiger partial charge in [-0.2, -0.15) is 0 Å². The second-order valence-electron chi connectivity index (χ2n) is 9.72. The SMILES string of the molecule is CCCCNC(=O)[C@@H](C)N(Cc1cccc(Br)c1)C(=O)CN(c1ccc(OCC)cc1)S(=O)(=O)c1ccc(C)cc1. The summed E-state index contributed by atoms with van der Waals surface area (Å²) >= 11 is 3.46. The van der Waals surface area contributed by atoms with Gasteiger partial charge in [0.2, 0.25) is 11.8 Å². The van der Waals surface area contributed by atoms with Crippen molar-refractivity contribution >= 4 is 43.5 Å². The van der Waals surface area contributed by atoms with Crippen LogP contribution in [0.4, 0.5) is 5.69 Å². The van der Waals surface area contributed by atoms with Crippen molar-refractivity contribution in [1.29, 1.82) is 0 Å². The van der Waals surface area contributed by atoms with Crippen LogP contribution in [0.5, 0.6) is 5.75 Å². The van der Waals surface area contributed by atoms with E-state index in [9.17, 15) is 18.0 Å². The molecule has 0 aliphatic heterocycles. The minimum atomic E-state index is -4.13. The molecule has 41 heavy (non-hydrogen) atoms. The average Bonchev–Trinajstić information content (AvgIpc) is 2.95. The smallest absolute Gasteiger partial charge is 0.264 e. The van der Waals surface area contributed by atoms with E-state index in [2.05, 4.69) is 21.2 Å². The number of ether oxygens (including phenoxy) is 1. The molecule has 0 bridgehead atoms. The minimum absolute atomic E-state index is 0.0636. The number of aryl methyl sites for hydroxylation is 1. The lowest BCUT2D eigenvalue weighted by molar-refractivity contribution is -0.139. The van der Waals surface area contributed by atoms with Crippen molar-refractivity contribution in [1.82, 2.24) is 10.2 Å². The molecule has 0 spiro atoms. The third-order valence-corrected chi connectivity index (χ3v) is 8.84. The number of sulfonamides is 1. The molecule has 220 valence electrons. The van der Waals surface area contributed by atoms with Gasteiger partial charge in [-0.15, -0.1) is 0 Å². The molecule has 8 nitrogen and oxygen atoms in total. The predicted octanol–water partition coefficient (Wildman–Crippen LogP) is 5.69. The number of hydrogen-bond donors (Lipinski definition) is 1. The maximum atomic E-state index is 14.0. The molecule has 3 aromatic rings. The maximum absolute atomic E-state index is 14.0. The van der Waals surface area contributed by atoms with E-state index in [1.807, 2.05) is 45.0 Å². The number of carbonyl (C=O) groups is 2. The molecule has 1 atom stereocenters. The van der Waals surface area contributed by atoms with Crippen LogP contribution in [0.3, 0.4) is 0 Å². The first kappa shape index (κ1) is 32.1. The fourth-order valence-electron chi connectivity index (χ4n) is 4.19. The van der Waals surface area contributed by atoms with Crippen LogP contribution in [0.15, 0.2) is 82.2 Å². The second-order valence-corrected chi connectivity index (χ2v) is 12.5. The van der Waals surface area contributed by atoms with E-state index in [1.54, 1.807) is 43.3 Å². The van der Waals surface area contributed by atoms with Gasteiger partial charge in [-0.05, 0) is 81.3 Å². The van der Waals surface area contributed by atoms with Gasteiger partial charge in [0.05, 0.1) is 17.2 Å². The van der Waals surface area contributed by atoms with E-state index in [1.165, 1.54) is 17.0 Å². The number of unbranched alkanes of at least 4 members (excludes halogenated alkanes) is 1. The van der Waals surface area contributed by atoms with E-state index >= 15 is 0 Å². The number of halogens is 1. The topological polar surface area (TPSA) is 96.0 Å². The third kappa shape index (κ3) is 8.81. The zero-order chi connectivity index (χ0) is 30.0. The first-order valence-electron chi connectivity index (χ1n) is 13.7. The molecule has 0 saturated heterocycles. The summed E-state index contributed by atoms with van der Waals surface area (Å²) in [5.41, 5.74) is 2.02. The molecule has 1 N–H and O–H groups in total. The molecule has 0 fully saturated rings. The van der Waals surface area contributed by atoms with Crippen LogP contribution in [-0.2, 0) is 26.2 Å². The molecule has 2 amide bonds. The highest BCUT2D eigenvalue weighted by molar-refractivity contribution is 9.10. The number of hydrogen-bond acceptors (Lipinski definition) is 5. The van der Waals surface area contributed by atoms with Gasteiger partial charge in [-0.3, -0.25) is 13.9 Å². The normalized spacial score (nSPS) is 11.9. The highest BCUT2D eigenvalue weighted by Gasteiger charge is 2.32. The number of rotatable bonds is 14. The number of nitrogens with one attached hydrogen (secondary N) is 1. The highest BCUT2D eigenvalue weighted by Crippen LogP contribution is 2.27. The molecule has 0 unspecified atom stereocenters. The van der Waals surface area contributed by atoms with Gasteiger partial charge in [0.25, 0.3) is 10.0 Å². The average molecular weight is 645 g/mol. The van der Waals surface area contributed by atoms with Gasteiger partial charge in [-0.1, -0.05) is 59.1 Å². The summed E-state index contributed by atoms with van der Waals surface area (Å²) in [6, 6.07) is 19.7. The zero-order valence-corrected chi connectivity index (χ0v) is 26.4. The number of nitrogens with zero attached hydrogens (tertiary/aromatic N) is 2. The quantitative estimate of drug-likeness (QED) is 0.228. The minimum Gasteiger partial charge on any atom is -0.494 e. The molecule has 0 radical (unpaired) electrons. The maximum Gasteiger partial charge on any atom is 0.264 e. The Morgan fingerprint density at radius 1 is 1.00 bits per heavy atom. The van der Waals surface area contributed by atoms with Crippen molar-refractivity contribution in [3.63, 3.8) is 0 Å². The Balaban J connectivity index is 2.00.